The van der Waals surface area contributed by atoms with Gasteiger partial charge in [-0.2, -0.15) is 0 Å². The SMILES string of the molecule is Cc1nc(CN2CCC(C(=O)Nc3nc4ccccc4n3C3CCCCC3)CC2)cs1. The minimum absolute atomic E-state index is 0.0491. The van der Waals surface area contributed by atoms with Crippen LogP contribution in [0.5, 0.6) is 0 Å². The van der Waals surface area contributed by atoms with Crippen molar-refractivity contribution in [1.29, 1.82) is 0 Å². The van der Waals surface area contributed by atoms with Gasteiger partial charge in [-0.15, -0.1) is 11.3 Å². The van der Waals surface area contributed by atoms with Gasteiger partial charge in [0.1, 0.15) is 0 Å². The third-order valence-electron chi connectivity index (χ3n) is 6.78. The number of carbonyl (C=O) groups excluding carboxylic acids is 1. The molecule has 1 amide bonds. The molecule has 3 aromatic rings. The molecule has 1 aliphatic carbocycles. The maximum Gasteiger partial charge on any atom is 0.229 e. The Morgan fingerprint density at radius 1 is 1.10 bits per heavy atom. The van der Waals surface area contributed by atoms with Crippen molar-refractivity contribution in [2.45, 2.75) is 64.5 Å². The van der Waals surface area contributed by atoms with E-state index in [1.807, 2.05) is 19.1 Å². The zero-order chi connectivity index (χ0) is 21.2. The van der Waals surface area contributed by atoms with Gasteiger partial charge in [-0.1, -0.05) is 31.4 Å². The molecule has 0 unspecified atom stereocenters. The number of amides is 1. The van der Waals surface area contributed by atoms with Crippen molar-refractivity contribution >= 4 is 34.2 Å². The Bertz CT molecular complexity index is 1040. The number of rotatable bonds is 5. The van der Waals surface area contributed by atoms with Crippen molar-refractivity contribution in [1.82, 2.24) is 19.4 Å². The topological polar surface area (TPSA) is 63.1 Å². The number of hydrogen-bond donors (Lipinski definition) is 1. The highest BCUT2D eigenvalue weighted by atomic mass is 32.1. The van der Waals surface area contributed by atoms with Crippen LogP contribution in [-0.4, -0.2) is 38.4 Å². The number of fused-ring (bicyclic) bond motifs is 1. The second-order valence-corrected chi connectivity index (χ2v) is 10.0. The highest BCUT2D eigenvalue weighted by Gasteiger charge is 2.28. The first-order chi connectivity index (χ1) is 15.2. The van der Waals surface area contributed by atoms with Gasteiger partial charge < -0.3 is 4.57 Å². The van der Waals surface area contributed by atoms with E-state index in [4.69, 9.17) is 4.98 Å². The summed E-state index contributed by atoms with van der Waals surface area (Å²) in [6.45, 7) is 4.81. The molecule has 1 N–H and O–H groups in total. The van der Waals surface area contributed by atoms with Crippen LogP contribution in [0.15, 0.2) is 29.6 Å². The summed E-state index contributed by atoms with van der Waals surface area (Å²) >= 11 is 1.70. The average molecular weight is 438 g/mol. The fourth-order valence-corrected chi connectivity index (χ4v) is 5.72. The Balaban J connectivity index is 1.26. The predicted octanol–water partition coefficient (Wildman–Crippen LogP) is 5.16. The second kappa shape index (κ2) is 9.09. The number of benzene rings is 1. The standard InChI is InChI=1S/C24H31N5OS/c1-17-25-19(16-31-17)15-28-13-11-18(12-14-28)23(30)27-24-26-21-9-5-6-10-22(21)29(24)20-7-3-2-4-8-20/h5-6,9-10,16,18,20H,2-4,7-8,11-15H2,1H3,(H,26,27,30). The van der Waals surface area contributed by atoms with E-state index in [1.54, 1.807) is 11.3 Å². The van der Waals surface area contributed by atoms with E-state index in [0.717, 1.165) is 73.0 Å². The van der Waals surface area contributed by atoms with Crippen molar-refractivity contribution in [3.8, 4) is 0 Å². The van der Waals surface area contributed by atoms with Gasteiger partial charge in [0.15, 0.2) is 0 Å². The summed E-state index contributed by atoms with van der Waals surface area (Å²) in [7, 11) is 0. The average Bonchev–Trinajstić information content (AvgIpc) is 3.37. The van der Waals surface area contributed by atoms with Crippen LogP contribution in [0.25, 0.3) is 11.0 Å². The lowest BCUT2D eigenvalue weighted by Crippen LogP contribution is -2.38. The number of likely N-dealkylation sites (tertiary alicyclic amines) is 1. The van der Waals surface area contributed by atoms with Crippen LogP contribution in [0.4, 0.5) is 5.95 Å². The maximum atomic E-state index is 13.2. The first-order valence-corrected chi connectivity index (χ1v) is 12.5. The van der Waals surface area contributed by atoms with Crippen LogP contribution < -0.4 is 5.32 Å². The molecule has 1 saturated heterocycles. The molecule has 7 heteroatoms. The van der Waals surface area contributed by atoms with Crippen LogP contribution in [-0.2, 0) is 11.3 Å². The van der Waals surface area contributed by atoms with Gasteiger partial charge in [0.2, 0.25) is 11.9 Å². The smallest absolute Gasteiger partial charge is 0.229 e. The number of aromatic nitrogens is 3. The quantitative estimate of drug-likeness (QED) is 0.599. The van der Waals surface area contributed by atoms with E-state index in [-0.39, 0.29) is 11.8 Å². The third kappa shape index (κ3) is 4.53. The number of nitrogens with one attached hydrogen (secondary N) is 1. The minimum atomic E-state index is 0.0491. The summed E-state index contributed by atoms with van der Waals surface area (Å²) in [5, 5.41) is 6.48. The van der Waals surface area contributed by atoms with Gasteiger partial charge in [-0.05, 0) is 57.8 Å². The van der Waals surface area contributed by atoms with Crippen LogP contribution in [0.2, 0.25) is 0 Å². The molecule has 0 atom stereocenters. The molecule has 2 aromatic heterocycles. The minimum Gasteiger partial charge on any atom is -0.307 e. The number of hydrogen-bond acceptors (Lipinski definition) is 5. The van der Waals surface area contributed by atoms with Gasteiger partial charge >= 0.3 is 0 Å². The Morgan fingerprint density at radius 2 is 1.87 bits per heavy atom. The molecule has 1 aliphatic heterocycles. The number of aryl methyl sites for hydroxylation is 1. The van der Waals surface area contributed by atoms with Gasteiger partial charge in [0.25, 0.3) is 0 Å². The monoisotopic (exact) mass is 437 g/mol. The molecule has 5 rings (SSSR count). The number of para-hydroxylation sites is 2. The van der Waals surface area contributed by atoms with Crippen molar-refractivity contribution in [2.24, 2.45) is 5.92 Å². The number of nitrogens with zero attached hydrogens (tertiary/aromatic N) is 4. The number of piperidine rings is 1. The van der Waals surface area contributed by atoms with E-state index in [9.17, 15) is 4.79 Å². The molecule has 31 heavy (non-hydrogen) atoms. The molecule has 0 bridgehead atoms. The summed E-state index contributed by atoms with van der Waals surface area (Å²) in [5.74, 6) is 0.906. The molecule has 1 saturated carbocycles. The summed E-state index contributed by atoms with van der Waals surface area (Å²) < 4.78 is 2.30. The van der Waals surface area contributed by atoms with E-state index in [0.29, 0.717) is 6.04 Å². The largest absolute Gasteiger partial charge is 0.307 e. The van der Waals surface area contributed by atoms with E-state index in [2.05, 4.69) is 37.3 Å². The molecule has 2 aliphatic rings. The number of thiazole rings is 1. The zero-order valence-corrected chi connectivity index (χ0v) is 19.0. The molecule has 0 spiro atoms. The Labute approximate surface area is 187 Å². The molecular weight excluding hydrogens is 406 g/mol. The van der Waals surface area contributed by atoms with E-state index < -0.39 is 0 Å². The van der Waals surface area contributed by atoms with Crippen molar-refractivity contribution in [3.05, 3.63) is 40.3 Å². The normalized spacial score (nSPS) is 19.1. The van der Waals surface area contributed by atoms with Gasteiger partial charge in [0, 0.05) is 23.9 Å². The molecule has 2 fully saturated rings. The van der Waals surface area contributed by atoms with E-state index >= 15 is 0 Å². The van der Waals surface area contributed by atoms with Crippen LogP contribution >= 0.6 is 11.3 Å². The Hall–Kier alpha value is -2.25. The Morgan fingerprint density at radius 3 is 2.61 bits per heavy atom. The Kier molecular flexibility index (Phi) is 6.05. The first-order valence-electron chi connectivity index (χ1n) is 11.6. The van der Waals surface area contributed by atoms with Gasteiger partial charge in [-0.25, -0.2) is 9.97 Å². The molecule has 6 nitrogen and oxygen atoms in total. The van der Waals surface area contributed by atoms with Crippen molar-refractivity contribution < 1.29 is 4.79 Å². The van der Waals surface area contributed by atoms with Crippen LogP contribution in [0.3, 0.4) is 0 Å². The maximum absolute atomic E-state index is 13.2. The molecule has 0 radical (unpaired) electrons. The lowest BCUT2D eigenvalue weighted by molar-refractivity contribution is -0.121. The number of carbonyl (C=O) groups is 1. The van der Waals surface area contributed by atoms with Gasteiger partial charge in [-0.3, -0.25) is 15.0 Å². The summed E-state index contributed by atoms with van der Waals surface area (Å²) in [6.07, 6.45) is 7.92. The van der Waals surface area contributed by atoms with Crippen molar-refractivity contribution in [2.75, 3.05) is 18.4 Å². The lowest BCUT2D eigenvalue weighted by Gasteiger charge is -2.31. The predicted molar refractivity (Wildman–Crippen MR) is 125 cm³/mol. The van der Waals surface area contributed by atoms with Crippen molar-refractivity contribution in [3.63, 3.8) is 0 Å². The van der Waals surface area contributed by atoms with Crippen LogP contribution in [0.1, 0.15) is 61.7 Å². The highest BCUT2D eigenvalue weighted by molar-refractivity contribution is 7.09. The van der Waals surface area contributed by atoms with Crippen LogP contribution in [0, 0.1) is 12.8 Å². The molecule has 1 aromatic carbocycles. The summed E-state index contributed by atoms with van der Waals surface area (Å²) in [6, 6.07) is 8.69. The number of anilines is 1. The molecule has 3 heterocycles. The first kappa shape index (κ1) is 20.6. The summed E-state index contributed by atoms with van der Waals surface area (Å²) in [4.78, 5) is 25.0. The lowest BCUT2D eigenvalue weighted by atomic mass is 9.95. The van der Waals surface area contributed by atoms with E-state index in [1.165, 1.54) is 19.3 Å². The fraction of sp³-hybridized carbons (Fsp3) is 0.542. The summed E-state index contributed by atoms with van der Waals surface area (Å²) in [5.41, 5.74) is 3.25. The zero-order valence-electron chi connectivity index (χ0n) is 18.2. The second-order valence-electron chi connectivity index (χ2n) is 8.98. The highest BCUT2D eigenvalue weighted by Crippen LogP contribution is 2.34. The fourth-order valence-electron chi connectivity index (χ4n) is 5.12. The van der Waals surface area contributed by atoms with Gasteiger partial charge in [0.05, 0.1) is 21.7 Å². The molecular formula is C24H31N5OS. The third-order valence-corrected chi connectivity index (χ3v) is 7.60. The number of imidazole rings is 1. The molecule has 164 valence electrons.